The summed E-state index contributed by atoms with van der Waals surface area (Å²) in [5.74, 6) is 0. The van der Waals surface area contributed by atoms with Gasteiger partial charge in [-0.25, -0.2) is 0 Å². The first-order chi connectivity index (χ1) is 8.29. The first kappa shape index (κ1) is 12.3. The summed E-state index contributed by atoms with van der Waals surface area (Å²) in [4.78, 5) is 0. The monoisotopic (exact) mass is 290 g/mol. The topological polar surface area (TPSA) is 9.23 Å². The predicted octanol–water partition coefficient (Wildman–Crippen LogP) is 4.65. The van der Waals surface area contributed by atoms with Gasteiger partial charge < -0.3 is 4.74 Å². The van der Waals surface area contributed by atoms with E-state index >= 15 is 0 Å². The van der Waals surface area contributed by atoms with Crippen molar-refractivity contribution in [2.45, 2.75) is 13.5 Å². The number of halogens is 1. The lowest BCUT2D eigenvalue weighted by molar-refractivity contribution is 0.134. The largest absolute Gasteiger partial charge is 0.377 e. The molecule has 0 aliphatic heterocycles. The van der Waals surface area contributed by atoms with E-state index in [4.69, 9.17) is 4.74 Å². The Labute approximate surface area is 111 Å². The van der Waals surface area contributed by atoms with Crippen LogP contribution in [-0.4, -0.2) is 6.61 Å². The van der Waals surface area contributed by atoms with E-state index in [0.29, 0.717) is 6.61 Å². The van der Waals surface area contributed by atoms with Crippen molar-refractivity contribution < 1.29 is 4.74 Å². The smallest absolute Gasteiger partial charge is 0.0716 e. The molecular weight excluding hydrogens is 276 g/mol. The molecule has 0 saturated heterocycles. The first-order valence-electron chi connectivity index (χ1n) is 5.72. The van der Waals surface area contributed by atoms with Crippen LogP contribution in [0.3, 0.4) is 0 Å². The molecule has 2 aromatic rings. The van der Waals surface area contributed by atoms with Gasteiger partial charge in [0, 0.05) is 11.1 Å². The fourth-order valence-electron chi connectivity index (χ4n) is 1.68. The Morgan fingerprint density at radius 2 is 1.76 bits per heavy atom. The zero-order valence-corrected chi connectivity index (χ0v) is 11.4. The summed E-state index contributed by atoms with van der Waals surface area (Å²) >= 11 is 3.49. The molecule has 0 aliphatic carbocycles. The fraction of sp³-hybridized carbons (Fsp3) is 0.200. The van der Waals surface area contributed by atoms with Gasteiger partial charge in [-0.05, 0) is 35.7 Å². The Kier molecular flexibility index (Phi) is 4.35. The minimum Gasteiger partial charge on any atom is -0.377 e. The Morgan fingerprint density at radius 1 is 1.00 bits per heavy atom. The summed E-state index contributed by atoms with van der Waals surface area (Å²) in [6.07, 6.45) is 0. The zero-order chi connectivity index (χ0) is 12.1. The molecule has 2 aromatic carbocycles. The molecule has 1 nitrogen and oxygen atoms in total. The van der Waals surface area contributed by atoms with Crippen LogP contribution in [0.1, 0.15) is 12.5 Å². The fourth-order valence-corrected chi connectivity index (χ4v) is 2.08. The number of hydrogen-bond acceptors (Lipinski definition) is 1. The Balaban J connectivity index is 2.17. The van der Waals surface area contributed by atoms with E-state index in [1.807, 2.05) is 19.1 Å². The third-order valence-electron chi connectivity index (χ3n) is 2.58. The number of rotatable bonds is 4. The van der Waals surface area contributed by atoms with Crippen molar-refractivity contribution in [3.63, 3.8) is 0 Å². The van der Waals surface area contributed by atoms with Crippen LogP contribution in [0.5, 0.6) is 0 Å². The molecular formula is C15H15BrO. The van der Waals surface area contributed by atoms with Gasteiger partial charge in [0.15, 0.2) is 0 Å². The highest BCUT2D eigenvalue weighted by Crippen LogP contribution is 2.23. The molecule has 0 radical (unpaired) electrons. The lowest BCUT2D eigenvalue weighted by Gasteiger charge is -2.05. The van der Waals surface area contributed by atoms with E-state index in [1.54, 1.807) is 0 Å². The third kappa shape index (κ3) is 3.42. The number of ether oxygens (including phenoxy) is 1. The maximum atomic E-state index is 5.38. The van der Waals surface area contributed by atoms with Gasteiger partial charge in [0.05, 0.1) is 6.61 Å². The lowest BCUT2D eigenvalue weighted by Crippen LogP contribution is -1.91. The second-order valence-corrected chi connectivity index (χ2v) is 4.76. The minimum absolute atomic E-state index is 0.690. The van der Waals surface area contributed by atoms with Crippen molar-refractivity contribution in [1.29, 1.82) is 0 Å². The average molecular weight is 291 g/mol. The second-order valence-electron chi connectivity index (χ2n) is 3.84. The van der Waals surface area contributed by atoms with Gasteiger partial charge in [0.25, 0.3) is 0 Å². The van der Waals surface area contributed by atoms with Crippen LogP contribution in [-0.2, 0) is 11.3 Å². The van der Waals surface area contributed by atoms with Gasteiger partial charge in [-0.3, -0.25) is 0 Å². The number of benzene rings is 2. The third-order valence-corrected chi connectivity index (χ3v) is 3.08. The van der Waals surface area contributed by atoms with Crippen LogP contribution in [0.15, 0.2) is 53.0 Å². The van der Waals surface area contributed by atoms with Gasteiger partial charge >= 0.3 is 0 Å². The van der Waals surface area contributed by atoms with Crippen molar-refractivity contribution >= 4 is 15.9 Å². The van der Waals surface area contributed by atoms with Gasteiger partial charge in [-0.2, -0.15) is 0 Å². The highest BCUT2D eigenvalue weighted by Gasteiger charge is 1.98. The lowest BCUT2D eigenvalue weighted by atomic mass is 10.0. The van der Waals surface area contributed by atoms with Crippen molar-refractivity contribution in [2.24, 2.45) is 0 Å². The molecule has 0 aliphatic rings. The van der Waals surface area contributed by atoms with Crippen LogP contribution >= 0.6 is 15.9 Å². The van der Waals surface area contributed by atoms with Crippen LogP contribution < -0.4 is 0 Å². The van der Waals surface area contributed by atoms with E-state index in [9.17, 15) is 0 Å². The van der Waals surface area contributed by atoms with Crippen LogP contribution in [0, 0.1) is 0 Å². The molecule has 0 bridgehead atoms. The molecule has 0 N–H and O–H groups in total. The Bertz CT molecular complexity index is 477. The molecule has 2 rings (SSSR count). The molecule has 0 fully saturated rings. The van der Waals surface area contributed by atoms with E-state index in [0.717, 1.165) is 11.1 Å². The van der Waals surface area contributed by atoms with Crippen molar-refractivity contribution in [3.8, 4) is 11.1 Å². The first-order valence-corrected chi connectivity index (χ1v) is 6.51. The van der Waals surface area contributed by atoms with E-state index < -0.39 is 0 Å². The molecule has 0 aromatic heterocycles. The quantitative estimate of drug-likeness (QED) is 0.796. The normalized spacial score (nSPS) is 10.5. The summed E-state index contributed by atoms with van der Waals surface area (Å²) in [5, 5.41) is 0. The SMILES string of the molecule is CCOCc1ccc(-c2cccc(Br)c2)cc1. The number of hydrogen-bond donors (Lipinski definition) is 0. The molecule has 0 amide bonds. The highest BCUT2D eigenvalue weighted by molar-refractivity contribution is 9.10. The second kappa shape index (κ2) is 5.99. The van der Waals surface area contributed by atoms with E-state index in [2.05, 4.69) is 52.3 Å². The van der Waals surface area contributed by atoms with Crippen LogP contribution in [0.2, 0.25) is 0 Å². The molecule has 0 saturated carbocycles. The molecule has 88 valence electrons. The van der Waals surface area contributed by atoms with Gasteiger partial charge in [0.2, 0.25) is 0 Å². The van der Waals surface area contributed by atoms with Gasteiger partial charge in [0.1, 0.15) is 0 Å². The molecule has 17 heavy (non-hydrogen) atoms. The van der Waals surface area contributed by atoms with E-state index in [-0.39, 0.29) is 0 Å². The maximum Gasteiger partial charge on any atom is 0.0716 e. The van der Waals surface area contributed by atoms with Crippen LogP contribution in [0.25, 0.3) is 11.1 Å². The van der Waals surface area contributed by atoms with Crippen molar-refractivity contribution in [2.75, 3.05) is 6.61 Å². The van der Waals surface area contributed by atoms with Crippen molar-refractivity contribution in [3.05, 3.63) is 58.6 Å². The molecule has 2 heteroatoms. The summed E-state index contributed by atoms with van der Waals surface area (Å²) in [5.41, 5.74) is 3.67. The summed E-state index contributed by atoms with van der Waals surface area (Å²) in [6, 6.07) is 16.8. The minimum atomic E-state index is 0.690. The Morgan fingerprint density at radius 3 is 2.41 bits per heavy atom. The average Bonchev–Trinajstić information content (AvgIpc) is 2.37. The van der Waals surface area contributed by atoms with Gasteiger partial charge in [-0.15, -0.1) is 0 Å². The molecule has 0 atom stereocenters. The zero-order valence-electron chi connectivity index (χ0n) is 9.82. The van der Waals surface area contributed by atoms with Crippen molar-refractivity contribution in [1.82, 2.24) is 0 Å². The predicted molar refractivity (Wildman–Crippen MR) is 74.9 cm³/mol. The Hall–Kier alpha value is -1.12. The van der Waals surface area contributed by atoms with E-state index in [1.165, 1.54) is 16.7 Å². The summed E-state index contributed by atoms with van der Waals surface area (Å²) in [6.45, 7) is 3.46. The maximum absolute atomic E-state index is 5.38. The van der Waals surface area contributed by atoms with Crippen LogP contribution in [0.4, 0.5) is 0 Å². The molecule has 0 unspecified atom stereocenters. The summed E-state index contributed by atoms with van der Waals surface area (Å²) in [7, 11) is 0. The summed E-state index contributed by atoms with van der Waals surface area (Å²) < 4.78 is 6.48. The standard InChI is InChI=1S/C15H15BrO/c1-2-17-11-12-6-8-13(9-7-12)14-4-3-5-15(16)10-14/h3-10H,2,11H2,1H3. The highest BCUT2D eigenvalue weighted by atomic mass is 79.9. The molecule has 0 heterocycles. The molecule has 0 spiro atoms. The van der Waals surface area contributed by atoms with Gasteiger partial charge in [-0.1, -0.05) is 52.3 Å².